The Morgan fingerprint density at radius 1 is 1.47 bits per heavy atom. The molecule has 0 aliphatic rings. The Balaban J connectivity index is 2.55. The van der Waals surface area contributed by atoms with Crippen molar-refractivity contribution < 1.29 is 4.21 Å². The second-order valence-corrected chi connectivity index (χ2v) is 5.87. The zero-order valence-electron chi connectivity index (χ0n) is 8.78. The average Bonchev–Trinajstić information content (AvgIpc) is 2.21. The lowest BCUT2D eigenvalue weighted by Crippen LogP contribution is -2.26. The Kier molecular flexibility index (Phi) is 5.50. The van der Waals surface area contributed by atoms with Gasteiger partial charge in [0.1, 0.15) is 0 Å². The van der Waals surface area contributed by atoms with E-state index >= 15 is 0 Å². The number of hydrogen-bond donors (Lipinski definition) is 1. The van der Waals surface area contributed by atoms with Gasteiger partial charge in [-0.25, -0.2) is 0 Å². The fourth-order valence-electron chi connectivity index (χ4n) is 1.20. The molecule has 15 heavy (non-hydrogen) atoms. The van der Waals surface area contributed by atoms with E-state index in [1.807, 2.05) is 31.2 Å². The monoisotopic (exact) mass is 289 g/mol. The van der Waals surface area contributed by atoms with Crippen molar-refractivity contribution in [3.63, 3.8) is 0 Å². The topological polar surface area (TPSA) is 43.1 Å². The molecule has 0 radical (unpaired) electrons. The lowest BCUT2D eigenvalue weighted by molar-refractivity contribution is 0.663. The smallest absolute Gasteiger partial charge is 0.0497 e. The minimum absolute atomic E-state index is 0.0494. The molecule has 0 heterocycles. The van der Waals surface area contributed by atoms with Gasteiger partial charge in [-0.3, -0.25) is 4.21 Å². The fourth-order valence-corrected chi connectivity index (χ4v) is 3.24. The lowest BCUT2D eigenvalue weighted by atomic mass is 10.2. The quantitative estimate of drug-likeness (QED) is 0.905. The van der Waals surface area contributed by atoms with Crippen LogP contribution in [0, 0.1) is 0 Å². The number of hydrogen-bond acceptors (Lipinski definition) is 2. The Bertz CT molecular complexity index is 343. The summed E-state index contributed by atoms with van der Waals surface area (Å²) in [5, 5.41) is 0. The van der Waals surface area contributed by atoms with E-state index in [9.17, 15) is 4.21 Å². The van der Waals surface area contributed by atoms with E-state index in [4.69, 9.17) is 5.73 Å². The Hall–Kier alpha value is -0.190. The zero-order chi connectivity index (χ0) is 11.3. The van der Waals surface area contributed by atoms with Crippen LogP contribution in [0.1, 0.15) is 18.9 Å². The van der Waals surface area contributed by atoms with Crippen molar-refractivity contribution in [3.8, 4) is 0 Å². The highest BCUT2D eigenvalue weighted by Gasteiger charge is 2.08. The molecule has 0 aliphatic heterocycles. The molecule has 0 aromatic heterocycles. The predicted molar refractivity (Wildman–Crippen MR) is 69.1 cm³/mol. The molecule has 0 bridgehead atoms. The lowest BCUT2D eigenvalue weighted by Gasteiger charge is -2.09. The van der Waals surface area contributed by atoms with Crippen LogP contribution in [0.25, 0.3) is 0 Å². The van der Waals surface area contributed by atoms with Crippen molar-refractivity contribution in [3.05, 3.63) is 34.3 Å². The van der Waals surface area contributed by atoms with Crippen LogP contribution in [0.2, 0.25) is 0 Å². The normalized spacial score (nSPS) is 14.9. The van der Waals surface area contributed by atoms with Gasteiger partial charge in [-0.1, -0.05) is 41.1 Å². The molecule has 0 saturated heterocycles. The van der Waals surface area contributed by atoms with E-state index in [-0.39, 0.29) is 6.04 Å². The zero-order valence-corrected chi connectivity index (χ0v) is 11.2. The van der Waals surface area contributed by atoms with Gasteiger partial charge < -0.3 is 5.73 Å². The third-order valence-corrected chi connectivity index (χ3v) is 4.41. The molecule has 2 nitrogen and oxygen atoms in total. The van der Waals surface area contributed by atoms with E-state index in [1.165, 1.54) is 0 Å². The van der Waals surface area contributed by atoms with Gasteiger partial charge in [0, 0.05) is 32.8 Å². The molecular weight excluding hydrogens is 274 g/mol. The molecule has 2 N–H and O–H groups in total. The molecule has 0 aliphatic carbocycles. The first-order valence-electron chi connectivity index (χ1n) is 4.97. The summed E-state index contributed by atoms with van der Waals surface area (Å²) in [6, 6.07) is 7.91. The van der Waals surface area contributed by atoms with Crippen molar-refractivity contribution in [1.82, 2.24) is 0 Å². The van der Waals surface area contributed by atoms with Crippen molar-refractivity contribution in [2.45, 2.75) is 25.1 Å². The highest BCUT2D eigenvalue weighted by Crippen LogP contribution is 2.17. The first kappa shape index (κ1) is 12.9. The van der Waals surface area contributed by atoms with Crippen molar-refractivity contribution in [2.75, 3.05) is 5.75 Å². The molecule has 4 heteroatoms. The van der Waals surface area contributed by atoms with Crippen LogP contribution in [0.4, 0.5) is 0 Å². The molecule has 0 fully saturated rings. The van der Waals surface area contributed by atoms with Crippen molar-refractivity contribution in [1.29, 1.82) is 0 Å². The van der Waals surface area contributed by atoms with Crippen molar-refractivity contribution >= 4 is 26.7 Å². The standard InChI is InChI=1S/C11H16BrNOS/c1-2-10(13)8-15(14)7-9-5-3-4-6-11(9)12/h3-6,10H,2,7-8,13H2,1H3. The summed E-state index contributed by atoms with van der Waals surface area (Å²) in [4.78, 5) is 0. The number of rotatable bonds is 5. The van der Waals surface area contributed by atoms with Crippen LogP contribution in [-0.2, 0) is 16.6 Å². The third kappa shape index (κ3) is 4.45. The van der Waals surface area contributed by atoms with Crippen LogP contribution in [-0.4, -0.2) is 16.0 Å². The fraction of sp³-hybridized carbons (Fsp3) is 0.455. The van der Waals surface area contributed by atoms with Crippen molar-refractivity contribution in [2.24, 2.45) is 5.73 Å². The molecule has 0 saturated carbocycles. The van der Waals surface area contributed by atoms with Gasteiger partial charge >= 0.3 is 0 Å². The van der Waals surface area contributed by atoms with Gasteiger partial charge in [-0.05, 0) is 18.1 Å². The summed E-state index contributed by atoms with van der Waals surface area (Å²) in [6.07, 6.45) is 0.877. The molecule has 0 spiro atoms. The second-order valence-electron chi connectivity index (χ2n) is 3.51. The average molecular weight is 290 g/mol. The van der Waals surface area contributed by atoms with Crippen LogP contribution in [0.5, 0.6) is 0 Å². The van der Waals surface area contributed by atoms with Gasteiger partial charge in [0.05, 0.1) is 0 Å². The molecular formula is C11H16BrNOS. The molecule has 1 aromatic rings. The summed E-state index contributed by atoms with van der Waals surface area (Å²) in [7, 11) is -0.866. The van der Waals surface area contributed by atoms with E-state index < -0.39 is 10.8 Å². The summed E-state index contributed by atoms with van der Waals surface area (Å²) in [5.41, 5.74) is 6.84. The first-order chi connectivity index (χ1) is 7.13. The molecule has 2 unspecified atom stereocenters. The summed E-state index contributed by atoms with van der Waals surface area (Å²) in [5.74, 6) is 1.16. The van der Waals surface area contributed by atoms with E-state index in [0.29, 0.717) is 11.5 Å². The van der Waals surface area contributed by atoms with Crippen LogP contribution < -0.4 is 5.73 Å². The third-order valence-electron chi connectivity index (χ3n) is 2.20. The number of benzene rings is 1. The Morgan fingerprint density at radius 3 is 2.73 bits per heavy atom. The largest absolute Gasteiger partial charge is 0.327 e. The highest BCUT2D eigenvalue weighted by atomic mass is 79.9. The number of nitrogens with two attached hydrogens (primary N) is 1. The van der Waals surface area contributed by atoms with Gasteiger partial charge in [-0.15, -0.1) is 0 Å². The molecule has 1 aromatic carbocycles. The van der Waals surface area contributed by atoms with Crippen LogP contribution >= 0.6 is 15.9 Å². The predicted octanol–water partition coefficient (Wildman–Crippen LogP) is 2.44. The highest BCUT2D eigenvalue weighted by molar-refractivity contribution is 9.10. The van der Waals surface area contributed by atoms with Crippen LogP contribution in [0.3, 0.4) is 0 Å². The molecule has 84 valence electrons. The Labute approximate surface area is 102 Å². The summed E-state index contributed by atoms with van der Waals surface area (Å²) in [6.45, 7) is 2.01. The van der Waals surface area contributed by atoms with Crippen LogP contribution in [0.15, 0.2) is 28.7 Å². The maximum absolute atomic E-state index is 11.7. The first-order valence-corrected chi connectivity index (χ1v) is 7.25. The Morgan fingerprint density at radius 2 is 2.13 bits per heavy atom. The van der Waals surface area contributed by atoms with E-state index in [1.54, 1.807) is 0 Å². The minimum Gasteiger partial charge on any atom is -0.327 e. The second kappa shape index (κ2) is 6.40. The SMILES string of the molecule is CCC(N)CS(=O)Cc1ccccc1Br. The van der Waals surface area contributed by atoms with Gasteiger partial charge in [0.15, 0.2) is 0 Å². The van der Waals surface area contributed by atoms with Gasteiger partial charge in [0.2, 0.25) is 0 Å². The minimum atomic E-state index is -0.866. The molecule has 1 rings (SSSR count). The molecule has 0 amide bonds. The number of halogens is 1. The maximum Gasteiger partial charge on any atom is 0.0497 e. The summed E-state index contributed by atoms with van der Waals surface area (Å²) >= 11 is 3.44. The summed E-state index contributed by atoms with van der Waals surface area (Å²) < 4.78 is 12.8. The molecule has 2 atom stereocenters. The van der Waals surface area contributed by atoms with E-state index in [2.05, 4.69) is 15.9 Å². The van der Waals surface area contributed by atoms with Gasteiger partial charge in [-0.2, -0.15) is 0 Å². The van der Waals surface area contributed by atoms with E-state index in [0.717, 1.165) is 16.5 Å². The van der Waals surface area contributed by atoms with Gasteiger partial charge in [0.25, 0.3) is 0 Å². The maximum atomic E-state index is 11.7.